The molecule has 0 spiro atoms. The number of nitrogens with one attached hydrogen (secondary N) is 2. The number of hydrazine groups is 2. The minimum atomic E-state index is 0.410. The second-order valence-corrected chi connectivity index (χ2v) is 6.84. The lowest BCUT2D eigenvalue weighted by atomic mass is 10.2. The summed E-state index contributed by atoms with van der Waals surface area (Å²) in [6.45, 7) is 1.43. The van der Waals surface area contributed by atoms with E-state index >= 15 is 0 Å². The van der Waals surface area contributed by atoms with Crippen molar-refractivity contribution in [2.75, 3.05) is 24.1 Å². The van der Waals surface area contributed by atoms with E-state index in [4.69, 9.17) is 9.47 Å². The largest absolute Gasteiger partial charge is 0.454 e. The Labute approximate surface area is 149 Å². The first kappa shape index (κ1) is 15.7. The van der Waals surface area contributed by atoms with E-state index in [0.717, 1.165) is 39.8 Å². The Bertz CT molecular complexity index is 751. The van der Waals surface area contributed by atoms with Gasteiger partial charge in [0, 0.05) is 19.9 Å². The van der Waals surface area contributed by atoms with Gasteiger partial charge in [-0.25, -0.2) is 0 Å². The highest BCUT2D eigenvalue weighted by atomic mass is 79.9. The number of hydrogen-bond acceptors (Lipinski definition) is 6. The number of methoxy groups -OCH3 is 1. The zero-order chi connectivity index (χ0) is 16.5. The average molecular weight is 391 g/mol. The molecule has 1 saturated carbocycles. The molecule has 0 atom stereocenters. The van der Waals surface area contributed by atoms with Gasteiger partial charge in [-0.3, -0.25) is 9.99 Å². The van der Waals surface area contributed by atoms with Crippen LogP contribution in [0.5, 0.6) is 11.5 Å². The first-order valence-electron chi connectivity index (χ1n) is 7.98. The van der Waals surface area contributed by atoms with Crippen molar-refractivity contribution >= 4 is 27.3 Å². The monoisotopic (exact) mass is 390 g/mol. The van der Waals surface area contributed by atoms with Crippen molar-refractivity contribution in [2.45, 2.75) is 19.4 Å². The van der Waals surface area contributed by atoms with Gasteiger partial charge in [-0.2, -0.15) is 0 Å². The molecular weight excluding hydrogens is 372 g/mol. The number of rotatable bonds is 6. The van der Waals surface area contributed by atoms with Crippen molar-refractivity contribution in [1.29, 1.82) is 0 Å². The van der Waals surface area contributed by atoms with Gasteiger partial charge in [-0.05, 0) is 59.0 Å². The van der Waals surface area contributed by atoms with Crippen LogP contribution in [0, 0.1) is 5.92 Å². The maximum Gasteiger partial charge on any atom is 0.151 e. The van der Waals surface area contributed by atoms with Crippen molar-refractivity contribution < 1.29 is 9.47 Å². The average Bonchev–Trinajstić information content (AvgIpc) is 3.31. The van der Waals surface area contributed by atoms with Gasteiger partial charge in [0.15, 0.2) is 5.75 Å². The number of pyridine rings is 1. The normalized spacial score (nSPS) is 16.0. The van der Waals surface area contributed by atoms with Gasteiger partial charge in [0.25, 0.3) is 0 Å². The van der Waals surface area contributed by atoms with Gasteiger partial charge in [0.05, 0.1) is 22.5 Å². The van der Waals surface area contributed by atoms with E-state index in [2.05, 4.69) is 42.9 Å². The standard InChI is InChI=1S/C17H19BrN4O2/c1-23-10-12-14(3-2-8-19-12)24-15-7-6-13-17(16(15)18)20-21-22(13)9-11-4-5-11/h2-3,6-8,11,20-21H,4-5,9-10H2,1H3. The third-order valence-corrected chi connectivity index (χ3v) is 4.97. The highest BCUT2D eigenvalue weighted by molar-refractivity contribution is 9.10. The predicted molar refractivity (Wildman–Crippen MR) is 96.0 cm³/mol. The molecule has 0 bridgehead atoms. The number of aromatic nitrogens is 1. The molecule has 24 heavy (non-hydrogen) atoms. The van der Waals surface area contributed by atoms with Gasteiger partial charge < -0.3 is 14.9 Å². The summed E-state index contributed by atoms with van der Waals surface area (Å²) in [5.74, 6) is 2.23. The third kappa shape index (κ3) is 3.07. The molecule has 0 saturated heterocycles. The Kier molecular flexibility index (Phi) is 4.30. The molecule has 2 N–H and O–H groups in total. The van der Waals surface area contributed by atoms with Gasteiger partial charge in [-0.1, -0.05) is 0 Å². The topological polar surface area (TPSA) is 58.7 Å². The molecule has 2 aromatic rings. The van der Waals surface area contributed by atoms with E-state index in [-0.39, 0.29) is 0 Å². The first-order valence-corrected chi connectivity index (χ1v) is 8.78. The zero-order valence-electron chi connectivity index (χ0n) is 13.4. The molecule has 0 amide bonds. The number of ether oxygens (including phenoxy) is 2. The van der Waals surface area contributed by atoms with Gasteiger partial charge in [0.1, 0.15) is 11.4 Å². The fraction of sp³-hybridized carbons (Fsp3) is 0.353. The summed E-state index contributed by atoms with van der Waals surface area (Å²) in [7, 11) is 1.65. The Balaban J connectivity index is 1.59. The first-order chi connectivity index (χ1) is 11.8. The maximum absolute atomic E-state index is 6.07. The molecule has 1 aliphatic carbocycles. The Morgan fingerprint density at radius 3 is 2.96 bits per heavy atom. The van der Waals surface area contributed by atoms with Gasteiger partial charge in [-0.15, -0.1) is 5.53 Å². The molecule has 1 aliphatic heterocycles. The Hall–Kier alpha value is -1.83. The molecule has 0 unspecified atom stereocenters. The lowest BCUT2D eigenvalue weighted by Crippen LogP contribution is -2.37. The molecule has 126 valence electrons. The van der Waals surface area contributed by atoms with Crippen LogP contribution in [0.15, 0.2) is 34.9 Å². The smallest absolute Gasteiger partial charge is 0.151 e. The number of fused-ring (bicyclic) bond motifs is 1. The summed E-state index contributed by atoms with van der Waals surface area (Å²) >= 11 is 3.66. The molecule has 6 nitrogen and oxygen atoms in total. The lowest BCUT2D eigenvalue weighted by molar-refractivity contribution is 0.179. The van der Waals surface area contributed by atoms with Crippen molar-refractivity contribution in [3.8, 4) is 11.5 Å². The molecule has 1 aromatic carbocycles. The molecule has 4 rings (SSSR count). The zero-order valence-corrected chi connectivity index (χ0v) is 15.0. The third-order valence-electron chi connectivity index (χ3n) is 4.18. The number of halogens is 1. The summed E-state index contributed by atoms with van der Waals surface area (Å²) in [5.41, 5.74) is 9.34. The van der Waals surface area contributed by atoms with Crippen molar-refractivity contribution in [2.24, 2.45) is 5.92 Å². The minimum absolute atomic E-state index is 0.410. The number of benzene rings is 1. The van der Waals surface area contributed by atoms with Crippen LogP contribution in [0.25, 0.3) is 0 Å². The lowest BCUT2D eigenvalue weighted by Gasteiger charge is -2.17. The second-order valence-electron chi connectivity index (χ2n) is 6.05. The quantitative estimate of drug-likeness (QED) is 0.781. The van der Waals surface area contributed by atoms with E-state index in [1.54, 1.807) is 13.3 Å². The van der Waals surface area contributed by atoms with Crippen molar-refractivity contribution in [3.05, 3.63) is 40.6 Å². The molecule has 7 heteroatoms. The van der Waals surface area contributed by atoms with Crippen LogP contribution in [-0.4, -0.2) is 18.6 Å². The molecule has 1 aromatic heterocycles. The van der Waals surface area contributed by atoms with E-state index in [9.17, 15) is 0 Å². The summed E-state index contributed by atoms with van der Waals surface area (Å²) in [6, 6.07) is 7.79. The highest BCUT2D eigenvalue weighted by Gasteiger charge is 2.29. The van der Waals surface area contributed by atoms with Crippen LogP contribution in [0.1, 0.15) is 18.5 Å². The summed E-state index contributed by atoms with van der Waals surface area (Å²) in [6.07, 6.45) is 4.37. The van der Waals surface area contributed by atoms with Crippen molar-refractivity contribution in [1.82, 2.24) is 10.5 Å². The van der Waals surface area contributed by atoms with Crippen LogP contribution >= 0.6 is 15.9 Å². The molecule has 2 aliphatic rings. The Morgan fingerprint density at radius 2 is 2.17 bits per heavy atom. The summed E-state index contributed by atoms with van der Waals surface area (Å²) in [5, 5.41) is 2.15. The number of nitrogens with zero attached hydrogens (tertiary/aromatic N) is 2. The van der Waals surface area contributed by atoms with Gasteiger partial charge >= 0.3 is 0 Å². The van der Waals surface area contributed by atoms with E-state index in [1.807, 2.05) is 18.2 Å². The molecular formula is C17H19BrN4O2. The van der Waals surface area contributed by atoms with Crippen LogP contribution in [0.4, 0.5) is 11.4 Å². The summed E-state index contributed by atoms with van der Waals surface area (Å²) < 4.78 is 12.1. The fourth-order valence-corrected chi connectivity index (χ4v) is 3.25. The number of hydrogen-bond donors (Lipinski definition) is 2. The van der Waals surface area contributed by atoms with Crippen LogP contribution in [0.2, 0.25) is 0 Å². The minimum Gasteiger partial charge on any atom is -0.454 e. The van der Waals surface area contributed by atoms with Crippen molar-refractivity contribution in [3.63, 3.8) is 0 Å². The van der Waals surface area contributed by atoms with Crippen LogP contribution in [0.3, 0.4) is 0 Å². The number of anilines is 2. The van der Waals surface area contributed by atoms with E-state index in [1.165, 1.54) is 12.8 Å². The molecule has 0 radical (unpaired) electrons. The molecule has 2 heterocycles. The Morgan fingerprint density at radius 1 is 1.29 bits per heavy atom. The van der Waals surface area contributed by atoms with Gasteiger partial charge in [0.2, 0.25) is 0 Å². The SMILES string of the molecule is COCc1ncccc1Oc1ccc2c(c1Br)NNN2CC1CC1. The fourth-order valence-electron chi connectivity index (χ4n) is 2.74. The van der Waals surface area contributed by atoms with Crippen LogP contribution < -0.4 is 20.7 Å². The molecule has 1 fully saturated rings. The van der Waals surface area contributed by atoms with E-state index < -0.39 is 0 Å². The van der Waals surface area contributed by atoms with E-state index in [0.29, 0.717) is 12.4 Å². The second kappa shape index (κ2) is 6.58. The summed E-state index contributed by atoms with van der Waals surface area (Å²) in [4.78, 5) is 4.32. The predicted octanol–water partition coefficient (Wildman–Crippen LogP) is 3.84. The van der Waals surface area contributed by atoms with Crippen LogP contribution in [-0.2, 0) is 11.3 Å². The maximum atomic E-state index is 6.07. The highest BCUT2D eigenvalue weighted by Crippen LogP contribution is 2.44.